The van der Waals surface area contributed by atoms with Gasteiger partial charge in [0.1, 0.15) is 11.4 Å². The van der Waals surface area contributed by atoms with E-state index >= 15 is 0 Å². The number of aromatic nitrogens is 1. The molecule has 0 aliphatic carbocycles. The van der Waals surface area contributed by atoms with Crippen LogP contribution in [0.2, 0.25) is 0 Å². The number of hydrogen-bond acceptors (Lipinski definition) is 6. The molecule has 0 atom stereocenters. The lowest BCUT2D eigenvalue weighted by Crippen LogP contribution is -2.34. The number of pyridine rings is 1. The number of alkyl halides is 2. The zero-order valence-electron chi connectivity index (χ0n) is 14.8. The Morgan fingerprint density at radius 1 is 0.966 bits per heavy atom. The molecule has 1 heterocycles. The Morgan fingerprint density at radius 2 is 1.69 bits per heavy atom. The number of carbonyl (C=O) groups excluding carboxylic acids is 3. The van der Waals surface area contributed by atoms with Gasteiger partial charge in [-0.15, -0.1) is 0 Å². The minimum absolute atomic E-state index is 0.0254. The first kappa shape index (κ1) is 19.9. The van der Waals surface area contributed by atoms with Gasteiger partial charge in [-0.25, -0.2) is 9.78 Å². The van der Waals surface area contributed by atoms with Crippen LogP contribution in [0.1, 0.15) is 20.8 Å². The van der Waals surface area contributed by atoms with Crippen LogP contribution in [0.3, 0.4) is 0 Å². The van der Waals surface area contributed by atoms with Crippen molar-refractivity contribution in [1.82, 2.24) is 10.3 Å². The zero-order chi connectivity index (χ0) is 20.8. The minimum atomic E-state index is -2.98. The lowest BCUT2D eigenvalue weighted by Gasteiger charge is -2.07. The number of hydrogen-bond donors (Lipinski definition) is 1. The van der Waals surface area contributed by atoms with E-state index in [4.69, 9.17) is 4.74 Å². The molecule has 0 saturated heterocycles. The first-order valence-electron chi connectivity index (χ1n) is 8.34. The maximum absolute atomic E-state index is 12.1. The first-order chi connectivity index (χ1) is 13.9. The van der Waals surface area contributed by atoms with Gasteiger partial charge < -0.3 is 9.47 Å². The van der Waals surface area contributed by atoms with Gasteiger partial charge in [0.15, 0.2) is 6.61 Å². The van der Waals surface area contributed by atoms with Gasteiger partial charge in [0.2, 0.25) is 0 Å². The van der Waals surface area contributed by atoms with Gasteiger partial charge in [0.25, 0.3) is 11.8 Å². The third-order valence-electron chi connectivity index (χ3n) is 3.74. The molecule has 0 fully saturated rings. The molecule has 2 aromatic carbocycles. The molecule has 0 aliphatic heterocycles. The average Bonchev–Trinajstić information content (AvgIpc) is 2.71. The summed E-state index contributed by atoms with van der Waals surface area (Å²) in [5.74, 6) is -2.57. The summed E-state index contributed by atoms with van der Waals surface area (Å²) in [7, 11) is 0. The summed E-state index contributed by atoms with van der Waals surface area (Å²) in [6.45, 7) is -3.67. The van der Waals surface area contributed by atoms with Crippen LogP contribution in [0, 0.1) is 0 Å². The van der Waals surface area contributed by atoms with Gasteiger partial charge in [-0.1, -0.05) is 24.3 Å². The Balaban J connectivity index is 1.53. The maximum Gasteiger partial charge on any atom is 0.387 e. The number of fused-ring (bicyclic) bond motifs is 1. The molecule has 29 heavy (non-hydrogen) atoms. The normalized spacial score (nSPS) is 10.6. The Hall–Kier alpha value is -3.88. The highest BCUT2D eigenvalue weighted by atomic mass is 19.3. The summed E-state index contributed by atoms with van der Waals surface area (Å²) < 4.78 is 33.3. The van der Waals surface area contributed by atoms with Crippen molar-refractivity contribution in [3.8, 4) is 5.75 Å². The molecule has 3 rings (SSSR count). The van der Waals surface area contributed by atoms with Gasteiger partial charge >= 0.3 is 12.6 Å². The molecule has 1 aromatic heterocycles. The van der Waals surface area contributed by atoms with Crippen LogP contribution in [0.25, 0.3) is 10.9 Å². The number of halogens is 2. The lowest BCUT2D eigenvalue weighted by molar-refractivity contribution is -0.123. The molecule has 2 amide bonds. The third kappa shape index (κ3) is 5.32. The van der Waals surface area contributed by atoms with Gasteiger partial charge in [0.05, 0.1) is 5.52 Å². The van der Waals surface area contributed by atoms with Gasteiger partial charge in [0, 0.05) is 10.9 Å². The molecule has 1 N–H and O–H groups in total. The second-order valence-corrected chi connectivity index (χ2v) is 5.75. The van der Waals surface area contributed by atoms with Crippen LogP contribution >= 0.6 is 0 Å². The van der Waals surface area contributed by atoms with Crippen molar-refractivity contribution in [1.29, 1.82) is 0 Å². The van der Waals surface area contributed by atoms with Crippen LogP contribution in [0.4, 0.5) is 8.78 Å². The number of carbonyl (C=O) groups is 3. The van der Waals surface area contributed by atoms with Gasteiger partial charge in [-0.3, -0.25) is 14.9 Å². The summed E-state index contributed by atoms with van der Waals surface area (Å²) in [5, 5.41) is 2.87. The van der Waals surface area contributed by atoms with Crippen LogP contribution in [0.5, 0.6) is 5.75 Å². The number of ether oxygens (including phenoxy) is 2. The molecule has 7 nitrogen and oxygen atoms in total. The number of amides is 2. The molecule has 0 saturated carbocycles. The van der Waals surface area contributed by atoms with Crippen molar-refractivity contribution in [2.75, 3.05) is 6.61 Å². The molecular formula is C20H14F2N2O5. The zero-order valence-corrected chi connectivity index (χ0v) is 14.8. The van der Waals surface area contributed by atoms with Crippen molar-refractivity contribution in [3.63, 3.8) is 0 Å². The highest BCUT2D eigenvalue weighted by Gasteiger charge is 2.15. The van der Waals surface area contributed by atoms with E-state index in [0.29, 0.717) is 5.52 Å². The molecule has 3 aromatic rings. The molecule has 9 heteroatoms. The van der Waals surface area contributed by atoms with Gasteiger partial charge in [-0.2, -0.15) is 8.78 Å². The number of para-hydroxylation sites is 1. The van der Waals surface area contributed by atoms with Crippen LogP contribution in [0.15, 0.2) is 60.7 Å². The second kappa shape index (κ2) is 8.87. The van der Waals surface area contributed by atoms with Crippen molar-refractivity contribution >= 4 is 28.7 Å². The molecular weight excluding hydrogens is 386 g/mol. The molecule has 0 aliphatic rings. The minimum Gasteiger partial charge on any atom is -0.451 e. The summed E-state index contributed by atoms with van der Waals surface area (Å²) in [4.78, 5) is 40.0. The number of rotatable bonds is 6. The number of esters is 1. The quantitative estimate of drug-likeness (QED) is 0.640. The van der Waals surface area contributed by atoms with E-state index in [-0.39, 0.29) is 17.0 Å². The van der Waals surface area contributed by atoms with E-state index < -0.39 is 31.0 Å². The molecule has 0 spiro atoms. The molecule has 0 unspecified atom stereocenters. The SMILES string of the molecule is O=C(COC(=O)c1ccc2ccccc2n1)NC(=O)c1ccc(OC(F)F)cc1. The highest BCUT2D eigenvalue weighted by Crippen LogP contribution is 2.15. The van der Waals surface area contributed by atoms with E-state index in [1.54, 1.807) is 18.2 Å². The van der Waals surface area contributed by atoms with E-state index in [2.05, 4.69) is 9.72 Å². The summed E-state index contributed by atoms with van der Waals surface area (Å²) in [5.41, 5.74) is 0.667. The molecule has 148 valence electrons. The maximum atomic E-state index is 12.1. The van der Waals surface area contributed by atoms with E-state index in [0.717, 1.165) is 17.5 Å². The lowest BCUT2D eigenvalue weighted by atomic mass is 10.2. The fraction of sp³-hybridized carbons (Fsp3) is 0.100. The smallest absolute Gasteiger partial charge is 0.387 e. The van der Waals surface area contributed by atoms with Crippen molar-refractivity contribution in [2.24, 2.45) is 0 Å². The predicted octanol–water partition coefficient (Wildman–Crippen LogP) is 2.95. The Bertz CT molecular complexity index is 1050. The van der Waals surface area contributed by atoms with Crippen molar-refractivity contribution in [3.05, 3.63) is 71.9 Å². The third-order valence-corrected chi connectivity index (χ3v) is 3.74. The van der Waals surface area contributed by atoms with Crippen LogP contribution in [-0.4, -0.2) is 36.0 Å². The Morgan fingerprint density at radius 3 is 2.41 bits per heavy atom. The average molecular weight is 400 g/mol. The van der Waals surface area contributed by atoms with E-state index in [9.17, 15) is 23.2 Å². The van der Waals surface area contributed by atoms with Crippen molar-refractivity contribution < 1.29 is 32.6 Å². The number of nitrogens with zero attached hydrogens (tertiary/aromatic N) is 1. The topological polar surface area (TPSA) is 94.6 Å². The summed E-state index contributed by atoms with van der Waals surface area (Å²) in [6, 6.07) is 15.1. The summed E-state index contributed by atoms with van der Waals surface area (Å²) >= 11 is 0. The van der Waals surface area contributed by atoms with E-state index in [1.807, 2.05) is 17.4 Å². The highest BCUT2D eigenvalue weighted by molar-refractivity contribution is 6.05. The molecule has 0 bridgehead atoms. The predicted molar refractivity (Wildman–Crippen MR) is 97.6 cm³/mol. The number of benzene rings is 2. The molecule has 0 radical (unpaired) electrons. The van der Waals surface area contributed by atoms with Crippen LogP contribution in [-0.2, 0) is 9.53 Å². The second-order valence-electron chi connectivity index (χ2n) is 5.75. The standard InChI is InChI=1S/C20H14F2N2O5/c21-20(22)29-14-8-5-13(6-9-14)18(26)24-17(25)11-28-19(27)16-10-7-12-3-1-2-4-15(12)23-16/h1-10,20H,11H2,(H,24,25,26). The van der Waals surface area contributed by atoms with Crippen LogP contribution < -0.4 is 10.1 Å². The fourth-order valence-corrected chi connectivity index (χ4v) is 2.41. The fourth-order valence-electron chi connectivity index (χ4n) is 2.41. The first-order valence-corrected chi connectivity index (χ1v) is 8.34. The Labute approximate surface area is 163 Å². The summed E-state index contributed by atoms with van der Waals surface area (Å²) in [6.07, 6.45) is 0. The number of imide groups is 1. The Kier molecular flexibility index (Phi) is 6.08. The number of nitrogens with one attached hydrogen (secondary N) is 1. The van der Waals surface area contributed by atoms with E-state index in [1.165, 1.54) is 18.2 Å². The van der Waals surface area contributed by atoms with Crippen molar-refractivity contribution in [2.45, 2.75) is 6.61 Å². The largest absolute Gasteiger partial charge is 0.451 e. The van der Waals surface area contributed by atoms with Gasteiger partial charge in [-0.05, 0) is 36.4 Å². The monoisotopic (exact) mass is 400 g/mol.